The molecule has 0 saturated carbocycles. The van der Waals surface area contributed by atoms with Gasteiger partial charge in [-0.15, -0.1) is 0 Å². The predicted molar refractivity (Wildman–Crippen MR) is 79.1 cm³/mol. The number of nitrogens with zero attached hydrogens (tertiary/aromatic N) is 3. The molecule has 1 aliphatic rings. The van der Waals surface area contributed by atoms with Gasteiger partial charge in [0.05, 0.1) is 24.9 Å². The standard InChI is InChI=1S/C14H27N5O/c1-3-5-18-7-8-20-13(11-18)14(17-15)12-9-16-19(10-12)6-4-2/h9-10,13-14,17H,3-8,11,15H2,1-2H3. The first-order valence-corrected chi connectivity index (χ1v) is 7.60. The molecule has 2 atom stereocenters. The molecule has 114 valence electrons. The van der Waals surface area contributed by atoms with Crippen molar-refractivity contribution in [2.75, 3.05) is 26.2 Å². The van der Waals surface area contributed by atoms with E-state index in [2.05, 4.69) is 35.5 Å². The third kappa shape index (κ3) is 3.79. The van der Waals surface area contributed by atoms with Crippen molar-refractivity contribution in [3.63, 3.8) is 0 Å². The van der Waals surface area contributed by atoms with Crippen molar-refractivity contribution in [3.05, 3.63) is 18.0 Å². The van der Waals surface area contributed by atoms with E-state index in [9.17, 15) is 0 Å². The van der Waals surface area contributed by atoms with Gasteiger partial charge in [0.1, 0.15) is 0 Å². The summed E-state index contributed by atoms with van der Waals surface area (Å²) in [4.78, 5) is 2.44. The van der Waals surface area contributed by atoms with E-state index in [-0.39, 0.29) is 12.1 Å². The number of hydrogen-bond donors (Lipinski definition) is 2. The van der Waals surface area contributed by atoms with E-state index < -0.39 is 0 Å². The highest BCUT2D eigenvalue weighted by atomic mass is 16.5. The Labute approximate surface area is 121 Å². The van der Waals surface area contributed by atoms with E-state index in [4.69, 9.17) is 10.6 Å². The van der Waals surface area contributed by atoms with Crippen LogP contribution in [0.4, 0.5) is 0 Å². The van der Waals surface area contributed by atoms with E-state index in [1.54, 1.807) is 0 Å². The maximum atomic E-state index is 5.91. The van der Waals surface area contributed by atoms with Crippen LogP contribution in [0.1, 0.15) is 38.3 Å². The number of nitrogens with two attached hydrogens (primary N) is 1. The Morgan fingerprint density at radius 3 is 2.95 bits per heavy atom. The molecule has 6 heteroatoms. The van der Waals surface area contributed by atoms with E-state index >= 15 is 0 Å². The third-order valence-electron chi connectivity index (χ3n) is 3.73. The molecular formula is C14H27N5O. The molecule has 0 radical (unpaired) electrons. The lowest BCUT2D eigenvalue weighted by Crippen LogP contribution is -2.49. The molecule has 20 heavy (non-hydrogen) atoms. The highest BCUT2D eigenvalue weighted by Gasteiger charge is 2.29. The van der Waals surface area contributed by atoms with Crippen LogP contribution < -0.4 is 11.3 Å². The molecule has 1 aromatic heterocycles. The zero-order valence-corrected chi connectivity index (χ0v) is 12.6. The molecule has 1 aromatic rings. The van der Waals surface area contributed by atoms with Gasteiger partial charge in [-0.3, -0.25) is 20.9 Å². The molecule has 0 bridgehead atoms. The highest BCUT2D eigenvalue weighted by Crippen LogP contribution is 2.21. The second-order valence-electron chi connectivity index (χ2n) is 5.39. The van der Waals surface area contributed by atoms with Crippen molar-refractivity contribution < 1.29 is 4.74 Å². The average molecular weight is 281 g/mol. The number of hydrazine groups is 1. The summed E-state index contributed by atoms with van der Waals surface area (Å²) in [5, 5.41) is 4.38. The zero-order chi connectivity index (χ0) is 14.4. The molecule has 0 amide bonds. The van der Waals surface area contributed by atoms with E-state index in [1.165, 1.54) is 6.42 Å². The Hall–Kier alpha value is -0.950. The van der Waals surface area contributed by atoms with Crippen molar-refractivity contribution in [1.29, 1.82) is 0 Å². The average Bonchev–Trinajstić information content (AvgIpc) is 2.89. The van der Waals surface area contributed by atoms with E-state index in [0.717, 1.165) is 44.8 Å². The highest BCUT2D eigenvalue weighted by molar-refractivity contribution is 5.13. The Balaban J connectivity index is 2.02. The monoisotopic (exact) mass is 281 g/mol. The van der Waals surface area contributed by atoms with Gasteiger partial charge in [-0.1, -0.05) is 13.8 Å². The third-order valence-corrected chi connectivity index (χ3v) is 3.73. The van der Waals surface area contributed by atoms with Gasteiger partial charge in [0.15, 0.2) is 0 Å². The van der Waals surface area contributed by atoms with Gasteiger partial charge in [0.25, 0.3) is 0 Å². The summed E-state index contributed by atoms with van der Waals surface area (Å²) in [6.45, 7) is 9.10. The van der Waals surface area contributed by atoms with Crippen LogP contribution >= 0.6 is 0 Å². The normalized spacial score (nSPS) is 22.1. The Kier molecular flexibility index (Phi) is 5.97. The number of hydrogen-bond acceptors (Lipinski definition) is 5. The van der Waals surface area contributed by atoms with Crippen LogP contribution in [0.25, 0.3) is 0 Å². The Bertz CT molecular complexity index is 393. The summed E-state index contributed by atoms with van der Waals surface area (Å²) < 4.78 is 7.87. The molecule has 3 N–H and O–H groups in total. The summed E-state index contributed by atoms with van der Waals surface area (Å²) in [6.07, 6.45) is 6.28. The van der Waals surface area contributed by atoms with Gasteiger partial charge in [0, 0.05) is 31.4 Å². The van der Waals surface area contributed by atoms with Crippen molar-refractivity contribution in [3.8, 4) is 0 Å². The van der Waals surface area contributed by atoms with E-state index in [0.29, 0.717) is 0 Å². The van der Waals surface area contributed by atoms with Crippen molar-refractivity contribution in [2.45, 2.75) is 45.4 Å². The first-order chi connectivity index (χ1) is 9.78. The first-order valence-electron chi connectivity index (χ1n) is 7.60. The maximum Gasteiger partial charge on any atom is 0.0911 e. The molecule has 1 aliphatic heterocycles. The largest absolute Gasteiger partial charge is 0.374 e. The lowest BCUT2D eigenvalue weighted by molar-refractivity contribution is -0.0471. The van der Waals surface area contributed by atoms with Crippen LogP contribution in [0.15, 0.2) is 12.4 Å². The number of aromatic nitrogens is 2. The SMILES string of the molecule is CCCN1CCOC(C(NN)c2cnn(CCC)c2)C1. The van der Waals surface area contributed by atoms with Crippen molar-refractivity contribution in [1.82, 2.24) is 20.1 Å². The van der Waals surface area contributed by atoms with Crippen molar-refractivity contribution >= 4 is 0 Å². The number of aryl methyl sites for hydroxylation is 1. The second kappa shape index (κ2) is 7.73. The molecule has 1 fully saturated rings. The van der Waals surface area contributed by atoms with Crippen LogP contribution in [0.3, 0.4) is 0 Å². The lowest BCUT2D eigenvalue weighted by atomic mass is 10.0. The molecule has 0 aromatic carbocycles. The number of rotatable bonds is 7. The molecule has 2 heterocycles. The van der Waals surface area contributed by atoms with Gasteiger partial charge in [-0.25, -0.2) is 0 Å². The predicted octanol–water partition coefficient (Wildman–Crippen LogP) is 0.908. The summed E-state index contributed by atoms with van der Waals surface area (Å²) in [7, 11) is 0. The zero-order valence-electron chi connectivity index (χ0n) is 12.6. The summed E-state index contributed by atoms with van der Waals surface area (Å²) in [5.74, 6) is 5.75. The Morgan fingerprint density at radius 2 is 2.25 bits per heavy atom. The second-order valence-corrected chi connectivity index (χ2v) is 5.39. The fraction of sp³-hybridized carbons (Fsp3) is 0.786. The van der Waals surface area contributed by atoms with Crippen LogP contribution in [-0.2, 0) is 11.3 Å². The van der Waals surface area contributed by atoms with Crippen LogP contribution in [-0.4, -0.2) is 47.0 Å². The minimum atomic E-state index is 0.000243. The maximum absolute atomic E-state index is 5.91. The number of ether oxygens (including phenoxy) is 1. The summed E-state index contributed by atoms with van der Waals surface area (Å²) in [6, 6.07) is 0.000243. The van der Waals surface area contributed by atoms with Crippen LogP contribution in [0.5, 0.6) is 0 Å². The summed E-state index contributed by atoms with van der Waals surface area (Å²) in [5.41, 5.74) is 4.00. The molecule has 2 unspecified atom stereocenters. The molecule has 6 nitrogen and oxygen atoms in total. The van der Waals surface area contributed by atoms with Gasteiger partial charge in [0.2, 0.25) is 0 Å². The van der Waals surface area contributed by atoms with Gasteiger partial charge < -0.3 is 4.74 Å². The van der Waals surface area contributed by atoms with Crippen LogP contribution in [0, 0.1) is 0 Å². The summed E-state index contributed by atoms with van der Waals surface area (Å²) >= 11 is 0. The first kappa shape index (κ1) is 15.4. The fourth-order valence-corrected chi connectivity index (χ4v) is 2.76. The molecule has 1 saturated heterocycles. The lowest BCUT2D eigenvalue weighted by Gasteiger charge is -2.36. The van der Waals surface area contributed by atoms with Crippen molar-refractivity contribution in [2.24, 2.45) is 5.84 Å². The number of nitrogens with one attached hydrogen (secondary N) is 1. The van der Waals surface area contributed by atoms with Gasteiger partial charge in [-0.2, -0.15) is 5.10 Å². The van der Waals surface area contributed by atoms with Crippen LogP contribution in [0.2, 0.25) is 0 Å². The minimum absolute atomic E-state index is 0.000243. The quantitative estimate of drug-likeness (QED) is 0.574. The topological polar surface area (TPSA) is 68.3 Å². The molecule has 0 aliphatic carbocycles. The molecule has 0 spiro atoms. The van der Waals surface area contributed by atoms with E-state index in [1.807, 2.05) is 10.9 Å². The molecular weight excluding hydrogens is 254 g/mol. The van der Waals surface area contributed by atoms with Gasteiger partial charge in [-0.05, 0) is 19.4 Å². The Morgan fingerprint density at radius 1 is 1.45 bits per heavy atom. The number of morpholine rings is 1. The minimum Gasteiger partial charge on any atom is -0.374 e. The van der Waals surface area contributed by atoms with Gasteiger partial charge >= 0.3 is 0 Å². The molecule has 2 rings (SSSR count). The fourth-order valence-electron chi connectivity index (χ4n) is 2.76. The smallest absolute Gasteiger partial charge is 0.0911 e.